The largest absolute Gasteiger partial charge is 0.271 e. The topological polar surface area (TPSA) is 41.6 Å². The normalized spacial score (nSPS) is 40.6. The van der Waals surface area contributed by atoms with Gasteiger partial charge in [-0.2, -0.15) is 10.4 Å². The van der Waals surface area contributed by atoms with Gasteiger partial charge in [-0.3, -0.25) is 4.68 Å². The van der Waals surface area contributed by atoms with Crippen molar-refractivity contribution in [2.45, 2.75) is 121 Å². The molecule has 5 rings (SSSR count). The Morgan fingerprint density at radius 1 is 1.03 bits per heavy atom. The molecule has 4 aliphatic rings. The molecule has 35 heavy (non-hydrogen) atoms. The number of rotatable bonds is 3. The molecule has 200 valence electrons. The van der Waals surface area contributed by atoms with E-state index in [2.05, 4.69) is 38.9 Å². The average molecular weight is 484 g/mol. The molecule has 0 aromatic carbocycles. The van der Waals surface area contributed by atoms with Crippen molar-refractivity contribution in [3.8, 4) is 6.07 Å². The van der Waals surface area contributed by atoms with E-state index in [4.69, 9.17) is 5.26 Å². The van der Waals surface area contributed by atoms with E-state index in [-0.39, 0.29) is 14.9 Å². The van der Waals surface area contributed by atoms with Crippen LogP contribution in [0.15, 0.2) is 12.4 Å². The zero-order chi connectivity index (χ0) is 23.8. The fourth-order valence-electron chi connectivity index (χ4n) is 9.70. The second kappa shape index (κ2) is 12.3. The van der Waals surface area contributed by atoms with Gasteiger partial charge in [0.05, 0.1) is 11.8 Å². The van der Waals surface area contributed by atoms with Crippen LogP contribution in [-0.4, -0.2) is 9.78 Å². The van der Waals surface area contributed by atoms with E-state index in [1.54, 1.807) is 6.20 Å². The van der Waals surface area contributed by atoms with Gasteiger partial charge in [-0.05, 0) is 104 Å². The molecule has 0 saturated heterocycles. The second-order valence-corrected chi connectivity index (χ2v) is 12.5. The molecular weight excluding hydrogens is 426 g/mol. The highest BCUT2D eigenvalue weighted by molar-refractivity contribution is 5.21. The number of nitriles is 1. The maximum Gasteiger partial charge on any atom is 0.102 e. The fraction of sp³-hybridized carbons (Fsp3) is 0.875. The summed E-state index contributed by atoms with van der Waals surface area (Å²) in [5, 5.41) is 13.6. The molecule has 0 amide bonds. The number of hydrogen-bond donors (Lipinski definition) is 0. The van der Waals surface area contributed by atoms with Gasteiger partial charge in [0, 0.05) is 12.7 Å². The van der Waals surface area contributed by atoms with Crippen molar-refractivity contribution >= 4 is 0 Å². The van der Waals surface area contributed by atoms with Gasteiger partial charge in [-0.25, -0.2) is 0 Å². The van der Waals surface area contributed by atoms with Crippen molar-refractivity contribution in [2.24, 2.45) is 58.7 Å². The van der Waals surface area contributed by atoms with Crippen LogP contribution in [-0.2, 0) is 6.54 Å². The maximum atomic E-state index is 9.16. The van der Waals surface area contributed by atoms with Crippen LogP contribution in [0.25, 0.3) is 0 Å². The Bertz CT molecular complexity index is 821. The minimum atomic E-state index is 0. The van der Waals surface area contributed by atoms with Crippen LogP contribution >= 0.6 is 0 Å². The minimum Gasteiger partial charge on any atom is -0.271 e. The molecule has 1 heterocycles. The molecule has 0 bridgehead atoms. The SMILES string of the molecule is C.C.CC.CC1CCC2C(CCC3C2CCC2(C)C(C(C)Cn4cc(C#N)cn4)CCC(C)C32)C1. The first-order valence-corrected chi connectivity index (χ1v) is 14.3. The van der Waals surface area contributed by atoms with E-state index in [1.165, 1.54) is 57.8 Å². The quantitative estimate of drug-likeness (QED) is 0.430. The minimum absolute atomic E-state index is 0. The number of hydrogen-bond acceptors (Lipinski definition) is 2. The van der Waals surface area contributed by atoms with Crippen LogP contribution in [0.2, 0.25) is 0 Å². The molecule has 10 atom stereocenters. The maximum absolute atomic E-state index is 9.16. The Labute approximate surface area is 218 Å². The first-order valence-electron chi connectivity index (χ1n) is 14.3. The highest BCUT2D eigenvalue weighted by atomic mass is 15.3. The molecule has 4 saturated carbocycles. The highest BCUT2D eigenvalue weighted by Gasteiger charge is 2.57. The summed E-state index contributed by atoms with van der Waals surface area (Å²) in [6, 6.07) is 2.23. The van der Waals surface area contributed by atoms with E-state index in [9.17, 15) is 0 Å². The van der Waals surface area contributed by atoms with E-state index in [0.29, 0.717) is 16.9 Å². The number of nitrogens with zero attached hydrogens (tertiary/aromatic N) is 3. The summed E-state index contributed by atoms with van der Waals surface area (Å²) in [6.07, 6.45) is 16.9. The predicted molar refractivity (Wildman–Crippen MR) is 150 cm³/mol. The van der Waals surface area contributed by atoms with Crippen molar-refractivity contribution in [1.82, 2.24) is 9.78 Å². The lowest BCUT2D eigenvalue weighted by molar-refractivity contribution is -0.141. The van der Waals surface area contributed by atoms with Crippen molar-refractivity contribution < 1.29 is 0 Å². The molecule has 1 aromatic heterocycles. The molecule has 0 spiro atoms. The van der Waals surface area contributed by atoms with E-state index in [1.807, 2.05) is 24.7 Å². The number of aromatic nitrogens is 2. The monoisotopic (exact) mass is 483 g/mol. The summed E-state index contributed by atoms with van der Waals surface area (Å²) in [5.41, 5.74) is 1.17. The Hall–Kier alpha value is -1.30. The second-order valence-electron chi connectivity index (χ2n) is 12.5. The smallest absolute Gasteiger partial charge is 0.102 e. The summed E-state index contributed by atoms with van der Waals surface area (Å²) in [4.78, 5) is 0. The molecule has 4 aliphatic carbocycles. The van der Waals surface area contributed by atoms with Crippen LogP contribution in [0.4, 0.5) is 0 Å². The van der Waals surface area contributed by atoms with Gasteiger partial charge >= 0.3 is 0 Å². The molecule has 1 aromatic rings. The Morgan fingerprint density at radius 2 is 1.74 bits per heavy atom. The van der Waals surface area contributed by atoms with Gasteiger partial charge in [0.2, 0.25) is 0 Å². The Kier molecular flexibility index (Phi) is 10.5. The molecule has 3 nitrogen and oxygen atoms in total. The summed E-state index contributed by atoms with van der Waals surface area (Å²) >= 11 is 0. The zero-order valence-electron chi connectivity index (χ0n) is 22.3. The third-order valence-electron chi connectivity index (χ3n) is 10.8. The Balaban J connectivity index is 0.00000105. The van der Waals surface area contributed by atoms with Gasteiger partial charge in [0.1, 0.15) is 6.07 Å². The predicted octanol–water partition coefficient (Wildman–Crippen LogP) is 9.23. The molecule has 0 N–H and O–H groups in total. The summed E-state index contributed by atoms with van der Waals surface area (Å²) in [5.74, 6) is 8.25. The fourth-order valence-corrected chi connectivity index (χ4v) is 9.70. The standard InChI is InChI=1S/C28H43N3.C2H6.2CH4/c1-18-5-8-23-22(13-18)7-9-25-24(23)11-12-28(4)26(10-6-19(2)27(25)28)20(3)16-31-17-21(14-29)15-30-31;1-2;;/h15,17-20,22-27H,5-13,16H2,1-4H3;1-2H3;2*1H4. The van der Waals surface area contributed by atoms with E-state index in [0.717, 1.165) is 53.9 Å². The third kappa shape index (κ3) is 5.52. The van der Waals surface area contributed by atoms with Gasteiger partial charge < -0.3 is 0 Å². The van der Waals surface area contributed by atoms with Crippen molar-refractivity contribution in [3.63, 3.8) is 0 Å². The van der Waals surface area contributed by atoms with Gasteiger partial charge in [0.15, 0.2) is 0 Å². The van der Waals surface area contributed by atoms with Crippen molar-refractivity contribution in [1.29, 1.82) is 5.26 Å². The molecular formula is C32H57N3. The van der Waals surface area contributed by atoms with Crippen LogP contribution in [0.3, 0.4) is 0 Å². The summed E-state index contributed by atoms with van der Waals surface area (Å²) < 4.78 is 2.03. The first kappa shape index (κ1) is 29.9. The van der Waals surface area contributed by atoms with Gasteiger partial charge in [-0.1, -0.05) is 69.2 Å². The van der Waals surface area contributed by atoms with E-state index < -0.39 is 0 Å². The van der Waals surface area contributed by atoms with Crippen LogP contribution < -0.4 is 0 Å². The lowest BCUT2D eigenvalue weighted by atomic mass is 9.42. The van der Waals surface area contributed by atoms with Crippen LogP contribution in [0.1, 0.15) is 120 Å². The molecule has 0 radical (unpaired) electrons. The van der Waals surface area contributed by atoms with Crippen molar-refractivity contribution in [3.05, 3.63) is 18.0 Å². The van der Waals surface area contributed by atoms with Crippen molar-refractivity contribution in [2.75, 3.05) is 0 Å². The lowest BCUT2D eigenvalue weighted by Gasteiger charge is -2.63. The van der Waals surface area contributed by atoms with Gasteiger partial charge in [-0.15, -0.1) is 0 Å². The molecule has 10 unspecified atom stereocenters. The lowest BCUT2D eigenvalue weighted by Crippen LogP contribution is -2.56. The molecule has 4 fully saturated rings. The summed E-state index contributed by atoms with van der Waals surface area (Å²) in [6.45, 7) is 15.2. The number of fused-ring (bicyclic) bond motifs is 5. The first-order chi connectivity index (χ1) is 15.9. The average Bonchev–Trinajstić information content (AvgIpc) is 3.27. The van der Waals surface area contributed by atoms with Crippen LogP contribution in [0, 0.1) is 70.0 Å². The van der Waals surface area contributed by atoms with E-state index >= 15 is 0 Å². The highest BCUT2D eigenvalue weighted by Crippen LogP contribution is 2.65. The summed E-state index contributed by atoms with van der Waals surface area (Å²) in [7, 11) is 0. The third-order valence-corrected chi connectivity index (χ3v) is 10.8. The zero-order valence-corrected chi connectivity index (χ0v) is 22.3. The Morgan fingerprint density at radius 3 is 2.43 bits per heavy atom. The molecule has 0 aliphatic heterocycles. The molecule has 3 heteroatoms. The van der Waals surface area contributed by atoms with Crippen LogP contribution in [0.5, 0.6) is 0 Å². The van der Waals surface area contributed by atoms with Gasteiger partial charge in [0.25, 0.3) is 0 Å².